The quantitative estimate of drug-likeness (QED) is 0.748. The molecular formula is C19H13F3N2O2. The Kier molecular flexibility index (Phi) is 4.67. The van der Waals surface area contributed by atoms with Crippen LogP contribution in [0.4, 0.5) is 13.2 Å². The molecule has 132 valence electrons. The van der Waals surface area contributed by atoms with Crippen molar-refractivity contribution in [3.05, 3.63) is 64.5 Å². The van der Waals surface area contributed by atoms with Gasteiger partial charge in [-0.25, -0.2) is 9.37 Å². The van der Waals surface area contributed by atoms with Gasteiger partial charge in [0.25, 0.3) is 0 Å². The van der Waals surface area contributed by atoms with Crippen molar-refractivity contribution in [2.24, 2.45) is 0 Å². The van der Waals surface area contributed by atoms with Gasteiger partial charge in [0.05, 0.1) is 11.6 Å². The van der Waals surface area contributed by atoms with Crippen molar-refractivity contribution in [3.63, 3.8) is 0 Å². The molecule has 2 aromatic carbocycles. The van der Waals surface area contributed by atoms with Gasteiger partial charge < -0.3 is 9.84 Å². The van der Waals surface area contributed by atoms with E-state index in [2.05, 4.69) is 9.72 Å². The number of rotatable bonds is 4. The fraction of sp³-hybridized carbons (Fsp3) is 0.158. The number of nitrogens with zero attached hydrogens (tertiary/aromatic N) is 2. The van der Waals surface area contributed by atoms with Crippen molar-refractivity contribution in [2.75, 3.05) is 0 Å². The maximum Gasteiger partial charge on any atom is 0.388 e. The molecule has 4 nitrogen and oxygen atoms in total. The van der Waals surface area contributed by atoms with Crippen LogP contribution in [-0.2, 0) is 6.42 Å². The van der Waals surface area contributed by atoms with Crippen LogP contribution in [0.3, 0.4) is 0 Å². The molecule has 0 aliphatic carbocycles. The van der Waals surface area contributed by atoms with Crippen LogP contribution in [0.5, 0.6) is 11.6 Å². The van der Waals surface area contributed by atoms with Crippen molar-refractivity contribution in [2.45, 2.75) is 20.0 Å². The molecule has 3 aromatic rings. The molecule has 3 rings (SSSR count). The number of hydrogen-bond donors (Lipinski definition) is 1. The molecule has 0 unspecified atom stereocenters. The van der Waals surface area contributed by atoms with Crippen molar-refractivity contribution in [3.8, 4) is 17.7 Å². The van der Waals surface area contributed by atoms with Gasteiger partial charge in [-0.1, -0.05) is 12.1 Å². The molecule has 0 aliphatic heterocycles. The van der Waals surface area contributed by atoms with Gasteiger partial charge in [0.1, 0.15) is 17.1 Å². The molecule has 0 amide bonds. The van der Waals surface area contributed by atoms with E-state index in [1.807, 2.05) is 6.07 Å². The van der Waals surface area contributed by atoms with E-state index in [1.54, 1.807) is 31.2 Å². The van der Waals surface area contributed by atoms with Crippen LogP contribution in [0.25, 0.3) is 10.9 Å². The summed E-state index contributed by atoms with van der Waals surface area (Å²) in [6, 6.07) is 10.8. The summed E-state index contributed by atoms with van der Waals surface area (Å²) in [5.41, 5.74) is 1.66. The zero-order valence-corrected chi connectivity index (χ0v) is 13.6. The van der Waals surface area contributed by atoms with Crippen molar-refractivity contribution in [1.29, 1.82) is 5.26 Å². The number of aromatic hydroxyl groups is 1. The lowest BCUT2D eigenvalue weighted by Crippen LogP contribution is -2.09. The second-order valence-corrected chi connectivity index (χ2v) is 5.67. The van der Waals surface area contributed by atoms with Gasteiger partial charge in [-0.3, -0.25) is 0 Å². The Morgan fingerprint density at radius 2 is 1.88 bits per heavy atom. The molecular weight excluding hydrogens is 345 g/mol. The van der Waals surface area contributed by atoms with Gasteiger partial charge in [0.2, 0.25) is 5.88 Å². The van der Waals surface area contributed by atoms with Crippen LogP contribution in [0.15, 0.2) is 36.4 Å². The summed E-state index contributed by atoms with van der Waals surface area (Å²) in [7, 11) is 0. The number of aromatic nitrogens is 1. The van der Waals surface area contributed by atoms with Crippen LogP contribution < -0.4 is 4.74 Å². The summed E-state index contributed by atoms with van der Waals surface area (Å²) >= 11 is 0. The molecule has 0 atom stereocenters. The molecule has 1 heterocycles. The SMILES string of the molecule is Cc1c(Cc2ccc(C#N)cc2)c(OC(F)F)nc2c(F)ccc(O)c12. The average molecular weight is 358 g/mol. The number of alkyl halides is 2. The molecule has 0 aliphatic rings. The van der Waals surface area contributed by atoms with Gasteiger partial charge in [0, 0.05) is 17.4 Å². The van der Waals surface area contributed by atoms with E-state index in [4.69, 9.17) is 5.26 Å². The van der Waals surface area contributed by atoms with Gasteiger partial charge in [-0.05, 0) is 42.3 Å². The number of nitriles is 1. The minimum atomic E-state index is -3.13. The predicted molar refractivity (Wildman–Crippen MR) is 88.7 cm³/mol. The van der Waals surface area contributed by atoms with Crippen molar-refractivity contribution < 1.29 is 23.0 Å². The first-order chi connectivity index (χ1) is 12.4. The van der Waals surface area contributed by atoms with E-state index < -0.39 is 12.4 Å². The minimum absolute atomic E-state index is 0.148. The first kappa shape index (κ1) is 17.5. The Morgan fingerprint density at radius 3 is 2.50 bits per heavy atom. The molecule has 0 spiro atoms. The second kappa shape index (κ2) is 6.92. The first-order valence-corrected chi connectivity index (χ1v) is 7.65. The highest BCUT2D eigenvalue weighted by atomic mass is 19.3. The summed E-state index contributed by atoms with van der Waals surface area (Å²) in [4.78, 5) is 3.88. The summed E-state index contributed by atoms with van der Waals surface area (Å²) in [6.45, 7) is -1.54. The third-order valence-corrected chi connectivity index (χ3v) is 4.07. The van der Waals surface area contributed by atoms with E-state index in [1.165, 1.54) is 6.07 Å². The monoisotopic (exact) mass is 358 g/mol. The van der Waals surface area contributed by atoms with Crippen molar-refractivity contribution >= 4 is 10.9 Å². The van der Waals surface area contributed by atoms with Crippen LogP contribution >= 0.6 is 0 Å². The lowest BCUT2D eigenvalue weighted by atomic mass is 9.97. The molecule has 0 saturated heterocycles. The van der Waals surface area contributed by atoms with E-state index in [0.29, 0.717) is 16.7 Å². The van der Waals surface area contributed by atoms with E-state index >= 15 is 0 Å². The highest BCUT2D eigenvalue weighted by Crippen LogP contribution is 2.36. The summed E-state index contributed by atoms with van der Waals surface area (Å²) < 4.78 is 44.2. The summed E-state index contributed by atoms with van der Waals surface area (Å²) in [5.74, 6) is -1.33. The Morgan fingerprint density at radius 1 is 1.19 bits per heavy atom. The third-order valence-electron chi connectivity index (χ3n) is 4.07. The zero-order chi connectivity index (χ0) is 18.8. The number of phenols is 1. The van der Waals surface area contributed by atoms with E-state index in [9.17, 15) is 18.3 Å². The molecule has 0 bridgehead atoms. The molecule has 26 heavy (non-hydrogen) atoms. The average Bonchev–Trinajstić information content (AvgIpc) is 2.61. The molecule has 0 radical (unpaired) electrons. The normalized spacial score (nSPS) is 10.9. The predicted octanol–water partition coefficient (Wildman–Crippen LogP) is 4.45. The molecule has 0 fully saturated rings. The number of fused-ring (bicyclic) bond motifs is 1. The third kappa shape index (κ3) is 3.26. The Balaban J connectivity index is 2.19. The highest BCUT2D eigenvalue weighted by Gasteiger charge is 2.20. The van der Waals surface area contributed by atoms with Gasteiger partial charge >= 0.3 is 6.61 Å². The zero-order valence-electron chi connectivity index (χ0n) is 13.6. The van der Waals surface area contributed by atoms with E-state index in [0.717, 1.165) is 11.6 Å². The minimum Gasteiger partial charge on any atom is -0.507 e. The largest absolute Gasteiger partial charge is 0.507 e. The Hall–Kier alpha value is -3.27. The molecule has 1 N–H and O–H groups in total. The number of halogens is 3. The van der Waals surface area contributed by atoms with E-state index in [-0.39, 0.29) is 29.0 Å². The number of ether oxygens (including phenoxy) is 1. The molecule has 1 aromatic heterocycles. The first-order valence-electron chi connectivity index (χ1n) is 7.65. The van der Waals surface area contributed by atoms with Gasteiger partial charge in [0.15, 0.2) is 0 Å². The van der Waals surface area contributed by atoms with Crippen LogP contribution in [0, 0.1) is 24.1 Å². The topological polar surface area (TPSA) is 66.1 Å². The Bertz CT molecular complexity index is 1010. The van der Waals surface area contributed by atoms with Gasteiger partial charge in [-0.2, -0.15) is 14.0 Å². The number of benzene rings is 2. The summed E-state index contributed by atoms with van der Waals surface area (Å²) in [5, 5.41) is 19.1. The number of phenolic OH excluding ortho intramolecular Hbond substituents is 1. The lowest BCUT2D eigenvalue weighted by Gasteiger charge is -2.16. The maximum atomic E-state index is 14.1. The number of pyridine rings is 1. The lowest BCUT2D eigenvalue weighted by molar-refractivity contribution is -0.0532. The van der Waals surface area contributed by atoms with Gasteiger partial charge in [-0.15, -0.1) is 0 Å². The second-order valence-electron chi connectivity index (χ2n) is 5.67. The number of aryl methyl sites for hydroxylation is 1. The number of hydrogen-bond acceptors (Lipinski definition) is 4. The standard InChI is InChI=1S/C19H13F3N2O2/c1-10-13(8-11-2-4-12(9-23)5-3-11)18(26-19(21)22)24-17-14(20)6-7-15(25)16(10)17/h2-7,19,25H,8H2,1H3. The molecule has 0 saturated carbocycles. The van der Waals surface area contributed by atoms with Crippen LogP contribution in [0.2, 0.25) is 0 Å². The van der Waals surface area contributed by atoms with Crippen molar-refractivity contribution in [1.82, 2.24) is 4.98 Å². The fourth-order valence-electron chi connectivity index (χ4n) is 2.81. The summed E-state index contributed by atoms with van der Waals surface area (Å²) in [6.07, 6.45) is 0.165. The van der Waals surface area contributed by atoms with Crippen LogP contribution in [0.1, 0.15) is 22.3 Å². The fourth-order valence-corrected chi connectivity index (χ4v) is 2.81. The highest BCUT2D eigenvalue weighted by molar-refractivity contribution is 5.90. The maximum absolute atomic E-state index is 14.1. The van der Waals surface area contributed by atoms with Crippen LogP contribution in [-0.4, -0.2) is 16.7 Å². The molecule has 7 heteroatoms. The Labute approximate surface area is 147 Å². The smallest absolute Gasteiger partial charge is 0.388 e.